The number of rotatable bonds is 3. The molecule has 0 saturated carbocycles. The Morgan fingerprint density at radius 3 is 2.75 bits per heavy atom. The van der Waals surface area contributed by atoms with E-state index >= 15 is 0 Å². The van der Waals surface area contributed by atoms with Crippen LogP contribution >= 0.6 is 0 Å². The number of benzene rings is 1. The number of nitrogens with two attached hydrogens (primary N) is 1. The van der Waals surface area contributed by atoms with Crippen molar-refractivity contribution in [1.29, 1.82) is 0 Å². The molecular weight excluding hydrogens is 226 g/mol. The molecule has 1 aliphatic heterocycles. The van der Waals surface area contributed by atoms with Gasteiger partial charge >= 0.3 is 5.97 Å². The minimum absolute atomic E-state index is 0. The van der Waals surface area contributed by atoms with Gasteiger partial charge in [-0.05, 0) is 5.56 Å². The molecule has 3 nitrogen and oxygen atoms in total. The van der Waals surface area contributed by atoms with E-state index in [1.54, 1.807) is 0 Å². The van der Waals surface area contributed by atoms with E-state index in [0.29, 0.717) is 6.61 Å². The van der Waals surface area contributed by atoms with Crippen molar-refractivity contribution in [2.24, 2.45) is 0 Å². The monoisotopic (exact) mass is 241 g/mol. The van der Waals surface area contributed by atoms with Crippen LogP contribution in [0.15, 0.2) is 30.3 Å². The lowest BCUT2D eigenvalue weighted by atomic mass is 10.2. The minimum atomic E-state index is -0.0728. The summed E-state index contributed by atoms with van der Waals surface area (Å²) in [4.78, 5) is 11.6. The van der Waals surface area contributed by atoms with Crippen LogP contribution in [0.3, 0.4) is 0 Å². The van der Waals surface area contributed by atoms with Crippen LogP contribution in [0.4, 0.5) is 0 Å². The normalized spacial score (nSPS) is 18.9. The fourth-order valence-electron chi connectivity index (χ4n) is 1.82. The van der Waals surface area contributed by atoms with Crippen LogP contribution in [0, 0.1) is 0 Å². The van der Waals surface area contributed by atoms with Gasteiger partial charge in [0.05, 0.1) is 6.54 Å². The van der Waals surface area contributed by atoms with E-state index in [4.69, 9.17) is 4.74 Å². The molecule has 0 aromatic heterocycles. The third kappa shape index (κ3) is 3.51. The highest BCUT2D eigenvalue weighted by molar-refractivity contribution is 5.74. The number of carbonyl (C=O) groups is 1. The maximum Gasteiger partial charge on any atom is 0.365 e. The molecule has 0 aliphatic carbocycles. The Hall–Kier alpha value is -1.06. The van der Waals surface area contributed by atoms with Gasteiger partial charge in [-0.3, -0.25) is 0 Å². The SMILES string of the molecule is O=C(OCc1ccccc1)[C@@H]1CCC[NH2+]1.[Cl-]. The third-order valence-corrected chi connectivity index (χ3v) is 2.70. The lowest BCUT2D eigenvalue weighted by molar-refractivity contribution is -0.659. The molecule has 1 aliphatic rings. The van der Waals surface area contributed by atoms with Gasteiger partial charge in [-0.2, -0.15) is 0 Å². The molecule has 0 spiro atoms. The maximum absolute atomic E-state index is 11.6. The summed E-state index contributed by atoms with van der Waals surface area (Å²) in [5.74, 6) is -0.0728. The van der Waals surface area contributed by atoms with Gasteiger partial charge < -0.3 is 22.5 Å². The first-order chi connectivity index (χ1) is 7.36. The summed E-state index contributed by atoms with van der Waals surface area (Å²) in [6.45, 7) is 1.44. The van der Waals surface area contributed by atoms with Crippen LogP contribution in [-0.2, 0) is 16.1 Å². The molecule has 1 fully saturated rings. The molecule has 0 amide bonds. The zero-order chi connectivity index (χ0) is 10.5. The van der Waals surface area contributed by atoms with Gasteiger partial charge in [-0.25, -0.2) is 4.79 Å². The summed E-state index contributed by atoms with van der Waals surface area (Å²) in [6, 6.07) is 9.82. The molecule has 0 bridgehead atoms. The number of ether oxygens (including phenoxy) is 1. The second kappa shape index (κ2) is 6.51. The highest BCUT2D eigenvalue weighted by Crippen LogP contribution is 2.04. The van der Waals surface area contributed by atoms with Gasteiger partial charge in [-0.15, -0.1) is 0 Å². The van der Waals surface area contributed by atoms with E-state index in [0.717, 1.165) is 24.9 Å². The van der Waals surface area contributed by atoms with Crippen molar-refractivity contribution in [3.8, 4) is 0 Å². The van der Waals surface area contributed by atoms with E-state index in [2.05, 4.69) is 5.32 Å². The molecule has 1 aromatic rings. The second-order valence-corrected chi connectivity index (χ2v) is 3.87. The van der Waals surface area contributed by atoms with E-state index in [9.17, 15) is 4.79 Å². The fourth-order valence-corrected chi connectivity index (χ4v) is 1.82. The number of hydrogen-bond acceptors (Lipinski definition) is 2. The summed E-state index contributed by atoms with van der Waals surface area (Å²) in [6.07, 6.45) is 2.07. The molecule has 1 aromatic carbocycles. The first kappa shape index (κ1) is 13.0. The number of esters is 1. The molecule has 4 heteroatoms. The molecule has 88 valence electrons. The van der Waals surface area contributed by atoms with E-state index in [1.165, 1.54) is 0 Å². The van der Waals surface area contributed by atoms with Gasteiger partial charge in [0.25, 0.3) is 0 Å². The Bertz CT molecular complexity index is 323. The molecule has 2 rings (SSSR count). The molecule has 1 atom stereocenters. The van der Waals surface area contributed by atoms with Crippen LogP contribution < -0.4 is 17.7 Å². The Balaban J connectivity index is 0.00000128. The molecule has 1 heterocycles. The van der Waals surface area contributed by atoms with Crippen LogP contribution in [0.2, 0.25) is 0 Å². The first-order valence-electron chi connectivity index (χ1n) is 5.40. The Morgan fingerprint density at radius 1 is 1.38 bits per heavy atom. The summed E-state index contributed by atoms with van der Waals surface area (Å²) in [7, 11) is 0. The zero-order valence-corrected chi connectivity index (χ0v) is 9.82. The minimum Gasteiger partial charge on any atom is -1.00 e. The molecule has 1 saturated heterocycles. The van der Waals surface area contributed by atoms with E-state index < -0.39 is 0 Å². The molecule has 0 radical (unpaired) electrons. The smallest absolute Gasteiger partial charge is 0.365 e. The quantitative estimate of drug-likeness (QED) is 0.593. The Morgan fingerprint density at radius 2 is 2.12 bits per heavy atom. The van der Waals surface area contributed by atoms with Crippen molar-refractivity contribution in [2.75, 3.05) is 6.54 Å². The van der Waals surface area contributed by atoms with Gasteiger partial charge in [0.2, 0.25) is 0 Å². The summed E-state index contributed by atoms with van der Waals surface area (Å²) < 4.78 is 5.24. The van der Waals surface area contributed by atoms with Crippen molar-refractivity contribution in [1.82, 2.24) is 0 Å². The third-order valence-electron chi connectivity index (χ3n) is 2.70. The average molecular weight is 242 g/mol. The highest BCUT2D eigenvalue weighted by atomic mass is 35.5. The van der Waals surface area contributed by atoms with Crippen LogP contribution in [0.25, 0.3) is 0 Å². The standard InChI is InChI=1S/C12H15NO2.ClH/c14-12(11-7-4-8-13-11)15-9-10-5-2-1-3-6-10;/h1-3,5-6,11,13H,4,7-9H2;1H/t11-;/m0./s1. The summed E-state index contributed by atoms with van der Waals surface area (Å²) in [5.41, 5.74) is 1.05. The fraction of sp³-hybridized carbons (Fsp3) is 0.417. The highest BCUT2D eigenvalue weighted by Gasteiger charge is 2.27. The van der Waals surface area contributed by atoms with Crippen molar-refractivity contribution in [2.45, 2.75) is 25.5 Å². The van der Waals surface area contributed by atoms with Gasteiger partial charge in [0, 0.05) is 12.8 Å². The van der Waals surface area contributed by atoms with Crippen LogP contribution in [-0.4, -0.2) is 18.6 Å². The lowest BCUT2D eigenvalue weighted by Crippen LogP contribution is -3.00. The second-order valence-electron chi connectivity index (χ2n) is 3.87. The number of halogens is 1. The maximum atomic E-state index is 11.6. The van der Waals surface area contributed by atoms with Gasteiger partial charge in [-0.1, -0.05) is 30.3 Å². The first-order valence-corrected chi connectivity index (χ1v) is 5.40. The molecule has 16 heavy (non-hydrogen) atoms. The Labute approximate surface area is 102 Å². The number of carbonyl (C=O) groups excluding carboxylic acids is 1. The van der Waals surface area contributed by atoms with E-state index in [1.807, 2.05) is 30.3 Å². The topological polar surface area (TPSA) is 42.9 Å². The number of quaternary nitrogens is 1. The molecule has 0 unspecified atom stereocenters. The summed E-state index contributed by atoms with van der Waals surface area (Å²) in [5, 5.41) is 2.06. The Kier molecular flexibility index (Phi) is 5.29. The average Bonchev–Trinajstić information content (AvgIpc) is 2.81. The lowest BCUT2D eigenvalue weighted by Gasteiger charge is -2.07. The van der Waals surface area contributed by atoms with Crippen molar-refractivity contribution in [3.05, 3.63) is 35.9 Å². The van der Waals surface area contributed by atoms with Gasteiger partial charge in [0.1, 0.15) is 6.61 Å². The zero-order valence-electron chi connectivity index (χ0n) is 9.06. The molecular formula is C12H16ClNO2. The number of hydrogen-bond donors (Lipinski definition) is 1. The van der Waals surface area contributed by atoms with Crippen LogP contribution in [0.5, 0.6) is 0 Å². The molecule has 2 N–H and O–H groups in total. The van der Waals surface area contributed by atoms with Crippen molar-refractivity contribution in [3.63, 3.8) is 0 Å². The van der Waals surface area contributed by atoms with Gasteiger partial charge in [0.15, 0.2) is 6.04 Å². The van der Waals surface area contributed by atoms with Crippen molar-refractivity contribution >= 4 is 5.97 Å². The van der Waals surface area contributed by atoms with Crippen LogP contribution in [0.1, 0.15) is 18.4 Å². The largest absolute Gasteiger partial charge is 1.00 e. The van der Waals surface area contributed by atoms with Crippen molar-refractivity contribution < 1.29 is 27.3 Å². The van der Waals surface area contributed by atoms with E-state index in [-0.39, 0.29) is 24.4 Å². The summed E-state index contributed by atoms with van der Waals surface area (Å²) >= 11 is 0. The predicted molar refractivity (Wildman–Crippen MR) is 56.1 cm³/mol. The predicted octanol–water partition coefficient (Wildman–Crippen LogP) is -2.54.